The summed E-state index contributed by atoms with van der Waals surface area (Å²) in [5.41, 5.74) is 1.29. The number of carbonyl (C=O) groups is 1. The largest absolute Gasteiger partial charge is 0.461 e. The number of aromatic nitrogens is 2. The molecular formula is C9H13BrN2O2. The number of rotatable bonds is 3. The Kier molecular flexibility index (Phi) is 3.69. The summed E-state index contributed by atoms with van der Waals surface area (Å²) in [6, 6.07) is 0. The summed E-state index contributed by atoms with van der Waals surface area (Å²) in [5.74, 6) is -0.356. The molecule has 0 aliphatic rings. The third-order valence-corrected chi connectivity index (χ3v) is 2.67. The predicted molar refractivity (Wildman–Crippen MR) is 56.2 cm³/mol. The van der Waals surface area contributed by atoms with Crippen LogP contribution in [0.25, 0.3) is 0 Å². The van der Waals surface area contributed by atoms with Crippen molar-refractivity contribution in [2.75, 3.05) is 6.61 Å². The highest BCUT2D eigenvalue weighted by molar-refractivity contribution is 9.10. The van der Waals surface area contributed by atoms with Gasteiger partial charge in [0.15, 0.2) is 10.4 Å². The van der Waals surface area contributed by atoms with E-state index in [9.17, 15) is 4.79 Å². The predicted octanol–water partition coefficient (Wildman–Crippen LogP) is 1.92. The molecule has 0 unspecified atom stereocenters. The molecule has 1 rings (SSSR count). The maximum absolute atomic E-state index is 11.5. The molecule has 0 bridgehead atoms. The van der Waals surface area contributed by atoms with Crippen molar-refractivity contribution in [3.8, 4) is 0 Å². The van der Waals surface area contributed by atoms with E-state index < -0.39 is 0 Å². The lowest BCUT2D eigenvalue weighted by atomic mass is 10.2. The normalized spacial score (nSPS) is 10.3. The average molecular weight is 261 g/mol. The Hall–Kier alpha value is -0.840. The fourth-order valence-electron chi connectivity index (χ4n) is 1.27. The van der Waals surface area contributed by atoms with Crippen LogP contribution in [0.1, 0.15) is 30.0 Å². The fraction of sp³-hybridized carbons (Fsp3) is 0.556. The van der Waals surface area contributed by atoms with Gasteiger partial charge in [0, 0.05) is 7.05 Å². The second kappa shape index (κ2) is 4.59. The molecule has 14 heavy (non-hydrogen) atoms. The number of ether oxygens (including phenoxy) is 1. The van der Waals surface area contributed by atoms with Crippen LogP contribution in [0, 0.1) is 0 Å². The van der Waals surface area contributed by atoms with Crippen molar-refractivity contribution in [2.24, 2.45) is 7.05 Å². The van der Waals surface area contributed by atoms with Gasteiger partial charge in [0.1, 0.15) is 0 Å². The SMILES string of the molecule is CCOC(=O)c1nc(Br)n(C)c1CC. The van der Waals surface area contributed by atoms with Gasteiger partial charge in [0.25, 0.3) is 0 Å². The Bertz CT molecular complexity index is 347. The molecule has 1 heterocycles. The first kappa shape index (κ1) is 11.2. The van der Waals surface area contributed by atoms with Crippen LogP contribution in [-0.2, 0) is 18.2 Å². The summed E-state index contributed by atoms with van der Waals surface area (Å²) < 4.78 is 7.39. The van der Waals surface area contributed by atoms with Gasteiger partial charge < -0.3 is 9.30 Å². The highest BCUT2D eigenvalue weighted by Gasteiger charge is 2.18. The smallest absolute Gasteiger partial charge is 0.358 e. The molecule has 1 aromatic rings. The maximum Gasteiger partial charge on any atom is 0.358 e. The third-order valence-electron chi connectivity index (χ3n) is 1.96. The van der Waals surface area contributed by atoms with Crippen LogP contribution >= 0.6 is 15.9 Å². The van der Waals surface area contributed by atoms with Gasteiger partial charge in [0.2, 0.25) is 0 Å². The number of nitrogens with zero attached hydrogens (tertiary/aromatic N) is 2. The number of esters is 1. The van der Waals surface area contributed by atoms with E-state index in [1.54, 1.807) is 6.92 Å². The summed E-state index contributed by atoms with van der Waals surface area (Å²) in [6.07, 6.45) is 0.753. The molecule has 0 fully saturated rings. The molecule has 5 heteroatoms. The zero-order valence-electron chi connectivity index (χ0n) is 8.50. The minimum Gasteiger partial charge on any atom is -0.461 e. The second-order valence-corrected chi connectivity index (χ2v) is 3.52. The lowest BCUT2D eigenvalue weighted by Crippen LogP contribution is -2.09. The molecule has 0 saturated carbocycles. The Morgan fingerprint density at radius 3 is 2.71 bits per heavy atom. The van der Waals surface area contributed by atoms with Gasteiger partial charge in [-0.15, -0.1) is 0 Å². The molecule has 0 amide bonds. The van der Waals surface area contributed by atoms with Crippen molar-refractivity contribution in [3.05, 3.63) is 16.1 Å². The van der Waals surface area contributed by atoms with Crippen molar-refractivity contribution < 1.29 is 9.53 Å². The molecule has 0 spiro atoms. The fourth-order valence-corrected chi connectivity index (χ4v) is 1.66. The zero-order chi connectivity index (χ0) is 10.7. The van der Waals surface area contributed by atoms with Gasteiger partial charge in [-0.2, -0.15) is 0 Å². The molecular weight excluding hydrogens is 248 g/mol. The summed E-state index contributed by atoms with van der Waals surface area (Å²) in [5, 5.41) is 0. The molecule has 0 radical (unpaired) electrons. The highest BCUT2D eigenvalue weighted by atomic mass is 79.9. The molecule has 0 aliphatic carbocycles. The van der Waals surface area contributed by atoms with Crippen molar-refractivity contribution >= 4 is 21.9 Å². The molecule has 0 aromatic carbocycles. The molecule has 0 aliphatic heterocycles. The van der Waals surface area contributed by atoms with E-state index in [1.165, 1.54) is 0 Å². The van der Waals surface area contributed by atoms with Crippen molar-refractivity contribution in [3.63, 3.8) is 0 Å². The molecule has 78 valence electrons. The number of hydrogen-bond donors (Lipinski definition) is 0. The van der Waals surface area contributed by atoms with E-state index in [4.69, 9.17) is 4.74 Å². The van der Waals surface area contributed by atoms with E-state index in [2.05, 4.69) is 20.9 Å². The molecule has 1 aromatic heterocycles. The van der Waals surface area contributed by atoms with Crippen molar-refractivity contribution in [1.82, 2.24) is 9.55 Å². The van der Waals surface area contributed by atoms with Gasteiger partial charge in [-0.1, -0.05) is 6.92 Å². The standard InChI is InChI=1S/C9H13BrN2O2/c1-4-6-7(8(13)14-5-2)11-9(10)12(6)3/h4-5H2,1-3H3. The quantitative estimate of drug-likeness (QED) is 0.781. The first-order valence-electron chi connectivity index (χ1n) is 4.50. The van der Waals surface area contributed by atoms with E-state index in [0.717, 1.165) is 12.1 Å². The van der Waals surface area contributed by atoms with Gasteiger partial charge in [-0.05, 0) is 29.3 Å². The van der Waals surface area contributed by atoms with Crippen LogP contribution in [-0.4, -0.2) is 22.1 Å². The van der Waals surface area contributed by atoms with E-state index in [1.807, 2.05) is 18.5 Å². The number of carbonyl (C=O) groups excluding carboxylic acids is 1. The topological polar surface area (TPSA) is 44.1 Å². The lowest BCUT2D eigenvalue weighted by molar-refractivity contribution is 0.0518. The maximum atomic E-state index is 11.5. The summed E-state index contributed by atoms with van der Waals surface area (Å²) in [6.45, 7) is 4.13. The van der Waals surface area contributed by atoms with Gasteiger partial charge in [-0.25, -0.2) is 9.78 Å². The van der Waals surface area contributed by atoms with Gasteiger partial charge in [-0.3, -0.25) is 0 Å². The van der Waals surface area contributed by atoms with Crippen LogP contribution in [0.2, 0.25) is 0 Å². The van der Waals surface area contributed by atoms with Crippen LogP contribution in [0.15, 0.2) is 4.73 Å². The van der Waals surface area contributed by atoms with E-state index in [0.29, 0.717) is 17.0 Å². The van der Waals surface area contributed by atoms with Crippen LogP contribution in [0.3, 0.4) is 0 Å². The minimum atomic E-state index is -0.356. The van der Waals surface area contributed by atoms with E-state index in [-0.39, 0.29) is 5.97 Å². The first-order chi connectivity index (χ1) is 6.61. The molecule has 0 saturated heterocycles. The Balaban J connectivity index is 3.08. The second-order valence-electron chi connectivity index (χ2n) is 2.81. The summed E-state index contributed by atoms with van der Waals surface area (Å²) >= 11 is 3.27. The van der Waals surface area contributed by atoms with Gasteiger partial charge in [0.05, 0.1) is 12.3 Å². The summed E-state index contributed by atoms with van der Waals surface area (Å²) in [7, 11) is 1.86. The molecule has 0 atom stereocenters. The summed E-state index contributed by atoms with van der Waals surface area (Å²) in [4.78, 5) is 15.6. The molecule has 0 N–H and O–H groups in total. The van der Waals surface area contributed by atoms with Crippen LogP contribution in [0.5, 0.6) is 0 Å². The van der Waals surface area contributed by atoms with Crippen molar-refractivity contribution in [1.29, 1.82) is 0 Å². The van der Waals surface area contributed by atoms with E-state index >= 15 is 0 Å². The number of halogens is 1. The Morgan fingerprint density at radius 2 is 2.21 bits per heavy atom. The van der Waals surface area contributed by atoms with Crippen LogP contribution in [0.4, 0.5) is 0 Å². The third kappa shape index (κ3) is 1.97. The minimum absolute atomic E-state index is 0.356. The molecule has 4 nitrogen and oxygen atoms in total. The number of imidazole rings is 1. The Morgan fingerprint density at radius 1 is 1.57 bits per heavy atom. The monoisotopic (exact) mass is 260 g/mol. The first-order valence-corrected chi connectivity index (χ1v) is 5.29. The van der Waals surface area contributed by atoms with Gasteiger partial charge >= 0.3 is 5.97 Å². The highest BCUT2D eigenvalue weighted by Crippen LogP contribution is 2.16. The number of hydrogen-bond acceptors (Lipinski definition) is 3. The van der Waals surface area contributed by atoms with Crippen molar-refractivity contribution in [2.45, 2.75) is 20.3 Å². The Labute approximate surface area is 91.4 Å². The average Bonchev–Trinajstić information content (AvgIpc) is 2.44. The van der Waals surface area contributed by atoms with Crippen LogP contribution < -0.4 is 0 Å². The zero-order valence-corrected chi connectivity index (χ0v) is 10.1. The lowest BCUT2D eigenvalue weighted by Gasteiger charge is -2.02.